The minimum absolute atomic E-state index is 0.504. The highest BCUT2D eigenvalue weighted by atomic mass is 16.5. The van der Waals surface area contributed by atoms with Crippen molar-refractivity contribution < 1.29 is 14.7 Å². The van der Waals surface area contributed by atoms with Gasteiger partial charge < -0.3 is 4.79 Å². The van der Waals surface area contributed by atoms with Gasteiger partial charge in [-0.3, -0.25) is 5.21 Å². The average Bonchev–Trinajstić information content (AvgIpc) is 2.01. The van der Waals surface area contributed by atoms with E-state index in [-0.39, 0.29) is 0 Å². The van der Waals surface area contributed by atoms with Crippen molar-refractivity contribution in [3.8, 4) is 0 Å². The number of aromatic nitrogens is 1. The van der Waals surface area contributed by atoms with Gasteiger partial charge in [-0.1, -0.05) is 0 Å². The van der Waals surface area contributed by atoms with Gasteiger partial charge in [0.15, 0.2) is 0 Å². The minimum atomic E-state index is 0.504. The first-order chi connectivity index (χ1) is 5.33. The predicted octanol–water partition coefficient (Wildman–Crippen LogP) is 0.343. The molecule has 0 radical (unpaired) electrons. The fourth-order valence-electron chi connectivity index (χ4n) is 0.884. The van der Waals surface area contributed by atoms with Crippen LogP contribution >= 0.6 is 0 Å². The molecule has 3 nitrogen and oxygen atoms in total. The van der Waals surface area contributed by atoms with E-state index in [1.807, 2.05) is 6.07 Å². The lowest BCUT2D eigenvalue weighted by molar-refractivity contribution is -0.905. The van der Waals surface area contributed by atoms with Crippen LogP contribution in [0.25, 0.3) is 0 Å². The highest BCUT2D eigenvalue weighted by molar-refractivity contribution is 5.49. The molecule has 0 amide bonds. The molecule has 11 heavy (non-hydrogen) atoms. The van der Waals surface area contributed by atoms with Gasteiger partial charge in [0.1, 0.15) is 6.29 Å². The van der Waals surface area contributed by atoms with Gasteiger partial charge in [0.2, 0.25) is 12.4 Å². The smallest absolute Gasteiger partial charge is 0.225 e. The molecule has 0 unspecified atom stereocenters. The number of hydrogen-bond acceptors (Lipinski definition) is 2. The number of carbonyl (C=O) groups excluding carboxylic acids is 1. The number of aryl methyl sites for hydroxylation is 1. The molecule has 0 aromatic carbocycles. The van der Waals surface area contributed by atoms with Gasteiger partial charge in [-0.15, -0.1) is 0 Å². The fourth-order valence-corrected chi connectivity index (χ4v) is 0.884. The maximum Gasteiger partial charge on any atom is 0.225 e. The van der Waals surface area contributed by atoms with E-state index < -0.39 is 0 Å². The summed E-state index contributed by atoms with van der Waals surface area (Å²) in [6.45, 7) is 0. The highest BCUT2D eigenvalue weighted by Crippen LogP contribution is 1.96. The predicted molar refractivity (Wildman–Crippen MR) is 38.2 cm³/mol. The third kappa shape index (κ3) is 2.37. The molecule has 0 aliphatic heterocycles. The first-order valence-corrected chi connectivity index (χ1v) is 3.46. The van der Waals surface area contributed by atoms with E-state index in [4.69, 9.17) is 5.21 Å². The van der Waals surface area contributed by atoms with Crippen molar-refractivity contribution in [2.75, 3.05) is 0 Å². The molecule has 0 bridgehead atoms. The summed E-state index contributed by atoms with van der Waals surface area (Å²) in [5.74, 6) is 0. The summed E-state index contributed by atoms with van der Waals surface area (Å²) in [4.78, 5) is 9.99. The molecular formula is C8H10NO2+. The second-order valence-corrected chi connectivity index (χ2v) is 2.30. The van der Waals surface area contributed by atoms with Crippen molar-refractivity contribution in [1.29, 1.82) is 0 Å². The van der Waals surface area contributed by atoms with Crippen molar-refractivity contribution in [2.24, 2.45) is 0 Å². The van der Waals surface area contributed by atoms with Crippen molar-refractivity contribution in [3.63, 3.8) is 0 Å². The zero-order valence-corrected chi connectivity index (χ0v) is 6.10. The molecule has 0 saturated carbocycles. The zero-order chi connectivity index (χ0) is 8.10. The number of rotatable bonds is 3. The molecule has 1 heterocycles. The van der Waals surface area contributed by atoms with Gasteiger partial charge in [-0.25, -0.2) is 0 Å². The molecule has 1 aromatic rings. The molecule has 3 heteroatoms. The Morgan fingerprint density at radius 1 is 1.64 bits per heavy atom. The average molecular weight is 152 g/mol. The van der Waals surface area contributed by atoms with Crippen LogP contribution in [-0.2, 0) is 11.2 Å². The summed E-state index contributed by atoms with van der Waals surface area (Å²) < 4.78 is 0.986. The molecule has 1 N–H and O–H groups in total. The number of hydrogen-bond donors (Lipinski definition) is 1. The van der Waals surface area contributed by atoms with Gasteiger partial charge >= 0.3 is 0 Å². The van der Waals surface area contributed by atoms with Crippen LogP contribution < -0.4 is 4.73 Å². The van der Waals surface area contributed by atoms with Crippen molar-refractivity contribution in [2.45, 2.75) is 12.8 Å². The highest BCUT2D eigenvalue weighted by Gasteiger charge is 1.98. The SMILES string of the molecule is O=CCCc1ccc[n+](O)c1. The van der Waals surface area contributed by atoms with E-state index in [1.54, 1.807) is 12.3 Å². The topological polar surface area (TPSA) is 41.2 Å². The lowest BCUT2D eigenvalue weighted by atomic mass is 10.2. The van der Waals surface area contributed by atoms with Gasteiger partial charge in [-0.2, -0.15) is 0 Å². The van der Waals surface area contributed by atoms with E-state index in [0.717, 1.165) is 16.6 Å². The van der Waals surface area contributed by atoms with Crippen LogP contribution in [0.4, 0.5) is 0 Å². The van der Waals surface area contributed by atoms with Crippen LogP contribution in [0.15, 0.2) is 24.5 Å². The second kappa shape index (κ2) is 3.71. The molecule has 0 spiro atoms. The molecule has 0 aliphatic carbocycles. The van der Waals surface area contributed by atoms with Crippen LogP contribution in [-0.4, -0.2) is 11.5 Å². The summed E-state index contributed by atoms with van der Waals surface area (Å²) >= 11 is 0. The Morgan fingerprint density at radius 2 is 2.45 bits per heavy atom. The van der Waals surface area contributed by atoms with Crippen LogP contribution in [0.2, 0.25) is 0 Å². The van der Waals surface area contributed by atoms with E-state index in [0.29, 0.717) is 12.8 Å². The van der Waals surface area contributed by atoms with Crippen molar-refractivity contribution in [1.82, 2.24) is 0 Å². The summed E-state index contributed by atoms with van der Waals surface area (Å²) in [6.07, 6.45) is 5.18. The van der Waals surface area contributed by atoms with Crippen LogP contribution in [0.5, 0.6) is 0 Å². The standard InChI is InChI=1S/C8H10NO2/c10-6-2-4-8-3-1-5-9(11)7-8/h1,3,5-7,11H,2,4H2/q+1. The van der Waals surface area contributed by atoms with Crippen molar-refractivity contribution in [3.05, 3.63) is 30.1 Å². The molecule has 0 aliphatic rings. The first kappa shape index (κ1) is 7.72. The van der Waals surface area contributed by atoms with Crippen LogP contribution in [0.1, 0.15) is 12.0 Å². The molecule has 58 valence electrons. The first-order valence-electron chi connectivity index (χ1n) is 3.46. The molecule has 0 atom stereocenters. The van der Waals surface area contributed by atoms with Gasteiger partial charge in [0.05, 0.1) is 0 Å². The van der Waals surface area contributed by atoms with Gasteiger partial charge in [0.25, 0.3) is 0 Å². The molecule has 0 fully saturated rings. The molecule has 1 rings (SSSR count). The lowest BCUT2D eigenvalue weighted by Gasteiger charge is -1.91. The Balaban J connectivity index is 2.63. The number of pyridine rings is 1. The normalized spacial score (nSPS) is 9.45. The third-order valence-electron chi connectivity index (χ3n) is 1.40. The minimum Gasteiger partial charge on any atom is -0.303 e. The maximum atomic E-state index is 9.99. The van der Waals surface area contributed by atoms with Gasteiger partial charge in [0, 0.05) is 22.8 Å². The number of aldehydes is 1. The molecular weight excluding hydrogens is 142 g/mol. The Hall–Kier alpha value is -1.38. The van der Waals surface area contributed by atoms with E-state index in [1.165, 1.54) is 6.20 Å². The quantitative estimate of drug-likeness (QED) is 0.385. The van der Waals surface area contributed by atoms with Crippen LogP contribution in [0.3, 0.4) is 0 Å². The summed E-state index contributed by atoms with van der Waals surface area (Å²) in [6, 6.07) is 3.61. The summed E-state index contributed by atoms with van der Waals surface area (Å²) in [5, 5.41) is 8.94. The second-order valence-electron chi connectivity index (χ2n) is 2.30. The summed E-state index contributed by atoms with van der Waals surface area (Å²) in [7, 11) is 0. The Bertz CT molecular complexity index is 248. The Morgan fingerprint density at radius 3 is 3.09 bits per heavy atom. The van der Waals surface area contributed by atoms with E-state index in [9.17, 15) is 4.79 Å². The van der Waals surface area contributed by atoms with Gasteiger partial charge in [-0.05, 0) is 12.5 Å². The Labute approximate surface area is 64.9 Å². The fraction of sp³-hybridized carbons (Fsp3) is 0.250. The molecule has 1 aromatic heterocycles. The maximum absolute atomic E-state index is 9.99. The Kier molecular flexibility index (Phi) is 2.60. The summed E-state index contributed by atoms with van der Waals surface area (Å²) in [5.41, 5.74) is 0.960. The monoisotopic (exact) mass is 152 g/mol. The van der Waals surface area contributed by atoms with E-state index >= 15 is 0 Å². The van der Waals surface area contributed by atoms with E-state index in [2.05, 4.69) is 0 Å². The lowest BCUT2D eigenvalue weighted by Crippen LogP contribution is -2.28. The number of carbonyl (C=O) groups is 1. The van der Waals surface area contributed by atoms with Crippen molar-refractivity contribution >= 4 is 6.29 Å². The third-order valence-corrected chi connectivity index (χ3v) is 1.40. The zero-order valence-electron chi connectivity index (χ0n) is 6.10. The molecule has 0 saturated heterocycles. The number of nitrogens with zero attached hydrogens (tertiary/aromatic N) is 1. The van der Waals surface area contributed by atoms with Crippen LogP contribution in [0, 0.1) is 0 Å². The largest absolute Gasteiger partial charge is 0.303 e.